The normalized spacial score (nSPS) is 11.3. The molecule has 0 heterocycles. The van der Waals surface area contributed by atoms with Crippen molar-refractivity contribution in [3.05, 3.63) is 28.2 Å². The maximum Gasteiger partial charge on any atom is 0.226 e. The molecule has 4 N–H and O–H groups in total. The van der Waals surface area contributed by atoms with E-state index in [1.54, 1.807) is 0 Å². The molecule has 5 nitrogen and oxygen atoms in total. The second-order valence-corrected chi connectivity index (χ2v) is 6.43. The maximum absolute atomic E-state index is 11.9. The van der Waals surface area contributed by atoms with Crippen molar-refractivity contribution >= 4 is 33.5 Å². The fourth-order valence-electron chi connectivity index (χ4n) is 2.04. The first-order chi connectivity index (χ1) is 11.0. The van der Waals surface area contributed by atoms with E-state index in [0.29, 0.717) is 18.9 Å². The predicted molar refractivity (Wildman–Crippen MR) is 101 cm³/mol. The summed E-state index contributed by atoms with van der Waals surface area (Å²) in [6, 6.07) is 5.80. The zero-order valence-electron chi connectivity index (χ0n) is 14.0. The molecule has 1 aromatic carbocycles. The summed E-state index contributed by atoms with van der Waals surface area (Å²) in [5.74, 6) is 0.363. The zero-order valence-corrected chi connectivity index (χ0v) is 15.6. The number of amides is 1. The van der Waals surface area contributed by atoms with Crippen molar-refractivity contribution in [2.45, 2.75) is 46.0 Å². The highest BCUT2D eigenvalue weighted by Crippen LogP contribution is 2.20. The van der Waals surface area contributed by atoms with Gasteiger partial charge < -0.3 is 16.4 Å². The first-order valence-corrected chi connectivity index (χ1v) is 8.92. The Balaban J connectivity index is 2.25. The molecule has 23 heavy (non-hydrogen) atoms. The van der Waals surface area contributed by atoms with Gasteiger partial charge in [-0.25, -0.2) is 0 Å². The molecule has 6 heteroatoms. The molecule has 0 aromatic heterocycles. The molecule has 0 spiro atoms. The molecule has 0 atom stereocenters. The first kappa shape index (κ1) is 19.5. The van der Waals surface area contributed by atoms with E-state index in [4.69, 9.17) is 5.73 Å². The van der Waals surface area contributed by atoms with Crippen LogP contribution in [0.15, 0.2) is 27.7 Å². The molecule has 1 rings (SSSR count). The minimum Gasteiger partial charge on any atom is -0.370 e. The van der Waals surface area contributed by atoms with Gasteiger partial charge in [0.25, 0.3) is 0 Å². The van der Waals surface area contributed by atoms with Crippen LogP contribution in [0.1, 0.15) is 44.6 Å². The van der Waals surface area contributed by atoms with E-state index < -0.39 is 0 Å². The van der Waals surface area contributed by atoms with E-state index in [2.05, 4.69) is 38.5 Å². The number of anilines is 1. The fraction of sp³-hybridized carbons (Fsp3) is 0.529. The van der Waals surface area contributed by atoms with Crippen molar-refractivity contribution in [1.29, 1.82) is 0 Å². The Labute approximate surface area is 147 Å². The van der Waals surface area contributed by atoms with E-state index in [1.807, 2.05) is 25.1 Å². The lowest BCUT2D eigenvalue weighted by Gasteiger charge is -2.09. The SMILES string of the molecule is CCCCCCN=C(N)NCCC(=O)Nc1cc(Br)ccc1C. The number of nitrogens with one attached hydrogen (secondary N) is 2. The van der Waals surface area contributed by atoms with Crippen LogP contribution in [0.2, 0.25) is 0 Å². The number of benzene rings is 1. The van der Waals surface area contributed by atoms with Gasteiger partial charge in [0.1, 0.15) is 0 Å². The predicted octanol–water partition coefficient (Wildman–Crippen LogP) is 3.57. The minimum absolute atomic E-state index is 0.0468. The Kier molecular flexibility index (Phi) is 9.36. The molecule has 0 bridgehead atoms. The molecule has 0 aliphatic carbocycles. The van der Waals surface area contributed by atoms with Crippen molar-refractivity contribution in [3.63, 3.8) is 0 Å². The van der Waals surface area contributed by atoms with E-state index in [1.165, 1.54) is 19.3 Å². The lowest BCUT2D eigenvalue weighted by Crippen LogP contribution is -2.34. The molecule has 0 unspecified atom stereocenters. The number of carbonyl (C=O) groups is 1. The number of nitrogens with two attached hydrogens (primary N) is 1. The Morgan fingerprint density at radius 2 is 2.09 bits per heavy atom. The fourth-order valence-corrected chi connectivity index (χ4v) is 2.40. The second kappa shape index (κ2) is 11.0. The van der Waals surface area contributed by atoms with Gasteiger partial charge in [0, 0.05) is 29.7 Å². The van der Waals surface area contributed by atoms with Crippen molar-refractivity contribution in [2.24, 2.45) is 10.7 Å². The number of carbonyl (C=O) groups excluding carboxylic acids is 1. The van der Waals surface area contributed by atoms with Gasteiger partial charge in [-0.05, 0) is 31.0 Å². The van der Waals surface area contributed by atoms with E-state index in [0.717, 1.165) is 28.7 Å². The highest BCUT2D eigenvalue weighted by Gasteiger charge is 2.05. The molecule has 128 valence electrons. The summed E-state index contributed by atoms with van der Waals surface area (Å²) < 4.78 is 0.941. The quantitative estimate of drug-likeness (QED) is 0.347. The van der Waals surface area contributed by atoms with Crippen LogP contribution >= 0.6 is 15.9 Å². The van der Waals surface area contributed by atoms with Crippen LogP contribution in [0.25, 0.3) is 0 Å². The second-order valence-electron chi connectivity index (χ2n) is 5.51. The standard InChI is InChI=1S/C17H27BrN4O/c1-3-4-5-6-10-20-17(19)21-11-9-16(23)22-15-12-14(18)8-7-13(15)2/h7-8,12H,3-6,9-11H2,1-2H3,(H,22,23)(H3,19,20,21). The average molecular weight is 383 g/mol. The smallest absolute Gasteiger partial charge is 0.226 e. The molecule has 1 aromatic rings. The Morgan fingerprint density at radius 3 is 2.83 bits per heavy atom. The third-order valence-electron chi connectivity index (χ3n) is 3.43. The summed E-state index contributed by atoms with van der Waals surface area (Å²) in [5.41, 5.74) is 7.62. The van der Waals surface area contributed by atoms with E-state index in [9.17, 15) is 4.79 Å². The summed E-state index contributed by atoms with van der Waals surface area (Å²) in [7, 11) is 0. The zero-order chi connectivity index (χ0) is 17.1. The molecule has 0 radical (unpaired) electrons. The molecule has 0 fully saturated rings. The van der Waals surface area contributed by atoms with Crippen LogP contribution in [-0.4, -0.2) is 25.0 Å². The molecular weight excluding hydrogens is 356 g/mol. The van der Waals surface area contributed by atoms with Crippen molar-refractivity contribution in [2.75, 3.05) is 18.4 Å². The number of halogens is 1. The Bertz CT molecular complexity index is 531. The van der Waals surface area contributed by atoms with E-state index in [-0.39, 0.29) is 5.91 Å². The van der Waals surface area contributed by atoms with Gasteiger partial charge in [0.05, 0.1) is 0 Å². The van der Waals surface area contributed by atoms with Crippen LogP contribution in [0.5, 0.6) is 0 Å². The molecular formula is C17H27BrN4O. The third-order valence-corrected chi connectivity index (χ3v) is 3.92. The molecule has 0 saturated heterocycles. The average Bonchev–Trinajstić information content (AvgIpc) is 2.50. The lowest BCUT2D eigenvalue weighted by atomic mass is 10.2. The number of hydrogen-bond donors (Lipinski definition) is 3. The Morgan fingerprint density at radius 1 is 1.30 bits per heavy atom. The highest BCUT2D eigenvalue weighted by atomic mass is 79.9. The van der Waals surface area contributed by atoms with Gasteiger partial charge >= 0.3 is 0 Å². The van der Waals surface area contributed by atoms with Gasteiger partial charge in [-0.1, -0.05) is 48.2 Å². The van der Waals surface area contributed by atoms with Gasteiger partial charge in [0.15, 0.2) is 5.96 Å². The van der Waals surface area contributed by atoms with Crippen LogP contribution in [0.4, 0.5) is 5.69 Å². The van der Waals surface area contributed by atoms with Crippen LogP contribution < -0.4 is 16.4 Å². The first-order valence-electron chi connectivity index (χ1n) is 8.12. The summed E-state index contributed by atoms with van der Waals surface area (Å²) in [4.78, 5) is 16.2. The van der Waals surface area contributed by atoms with Crippen molar-refractivity contribution in [1.82, 2.24) is 5.32 Å². The Hall–Kier alpha value is -1.56. The minimum atomic E-state index is -0.0468. The van der Waals surface area contributed by atoms with Crippen LogP contribution in [-0.2, 0) is 4.79 Å². The van der Waals surface area contributed by atoms with Gasteiger partial charge in [0.2, 0.25) is 5.91 Å². The topological polar surface area (TPSA) is 79.5 Å². The summed E-state index contributed by atoms with van der Waals surface area (Å²) in [6.07, 6.45) is 5.03. The van der Waals surface area contributed by atoms with Gasteiger partial charge in [-0.3, -0.25) is 9.79 Å². The molecule has 0 aliphatic rings. The number of aryl methyl sites for hydroxylation is 1. The lowest BCUT2D eigenvalue weighted by molar-refractivity contribution is -0.116. The van der Waals surface area contributed by atoms with Gasteiger partial charge in [-0.2, -0.15) is 0 Å². The maximum atomic E-state index is 11.9. The molecule has 0 aliphatic heterocycles. The number of guanidine groups is 1. The van der Waals surface area contributed by atoms with Crippen LogP contribution in [0.3, 0.4) is 0 Å². The van der Waals surface area contributed by atoms with E-state index >= 15 is 0 Å². The number of aliphatic imine (C=N–C) groups is 1. The monoisotopic (exact) mass is 382 g/mol. The highest BCUT2D eigenvalue weighted by molar-refractivity contribution is 9.10. The number of unbranched alkanes of at least 4 members (excludes halogenated alkanes) is 3. The number of rotatable bonds is 9. The largest absolute Gasteiger partial charge is 0.370 e. The molecule has 1 amide bonds. The third kappa shape index (κ3) is 8.59. The summed E-state index contributed by atoms with van der Waals surface area (Å²) >= 11 is 3.40. The van der Waals surface area contributed by atoms with Crippen LogP contribution in [0, 0.1) is 6.92 Å². The van der Waals surface area contributed by atoms with Crippen molar-refractivity contribution in [3.8, 4) is 0 Å². The van der Waals surface area contributed by atoms with Gasteiger partial charge in [-0.15, -0.1) is 0 Å². The summed E-state index contributed by atoms with van der Waals surface area (Å²) in [5, 5.41) is 5.88. The summed E-state index contributed by atoms with van der Waals surface area (Å²) in [6.45, 7) is 5.36. The number of nitrogens with zero attached hydrogens (tertiary/aromatic N) is 1. The number of hydrogen-bond acceptors (Lipinski definition) is 2. The molecule has 0 saturated carbocycles. The van der Waals surface area contributed by atoms with Crippen molar-refractivity contribution < 1.29 is 4.79 Å².